The van der Waals surface area contributed by atoms with Gasteiger partial charge in [-0.25, -0.2) is 9.37 Å². The van der Waals surface area contributed by atoms with Crippen molar-refractivity contribution >= 4 is 27.2 Å². The number of anilines is 1. The summed E-state index contributed by atoms with van der Waals surface area (Å²) in [5.41, 5.74) is 2.50. The fourth-order valence-corrected chi connectivity index (χ4v) is 4.86. The second kappa shape index (κ2) is 8.13. The van der Waals surface area contributed by atoms with Crippen LogP contribution in [0.3, 0.4) is 0 Å². The molecule has 0 unspecified atom stereocenters. The third-order valence-corrected chi connectivity index (χ3v) is 6.69. The molecule has 2 N–H and O–H groups in total. The molecule has 8 heteroatoms. The summed E-state index contributed by atoms with van der Waals surface area (Å²) in [4.78, 5) is 25.7. The van der Waals surface area contributed by atoms with E-state index in [1.165, 1.54) is 23.5 Å². The smallest absolute Gasteiger partial charge is 0.268 e. The van der Waals surface area contributed by atoms with Gasteiger partial charge in [0.2, 0.25) is 0 Å². The zero-order valence-corrected chi connectivity index (χ0v) is 17.5. The number of H-pyrrole nitrogens is 1. The van der Waals surface area contributed by atoms with Gasteiger partial charge in [-0.05, 0) is 48.0 Å². The van der Waals surface area contributed by atoms with Gasteiger partial charge in [0, 0.05) is 36.7 Å². The predicted octanol–water partition coefficient (Wildman–Crippen LogP) is 3.82. The molecule has 1 fully saturated rings. The highest BCUT2D eigenvalue weighted by atomic mass is 32.1. The molecule has 0 amide bonds. The van der Waals surface area contributed by atoms with E-state index in [9.17, 15) is 14.3 Å². The van der Waals surface area contributed by atoms with Gasteiger partial charge >= 0.3 is 0 Å². The molecule has 0 spiro atoms. The molecule has 2 aromatic heterocycles. The molecule has 0 saturated carbocycles. The number of fused-ring (bicyclic) bond motifs is 1. The molecular weight excluding hydrogens is 415 g/mol. The summed E-state index contributed by atoms with van der Waals surface area (Å²) in [6.45, 7) is 4.02. The lowest BCUT2D eigenvalue weighted by Gasteiger charge is -2.35. The number of aromatic nitrogens is 2. The fourth-order valence-electron chi connectivity index (χ4n) is 3.86. The minimum atomic E-state index is -0.284. The average molecular weight is 437 g/mol. The van der Waals surface area contributed by atoms with Crippen molar-refractivity contribution in [1.82, 2.24) is 14.9 Å². The summed E-state index contributed by atoms with van der Waals surface area (Å²) in [5.74, 6) is 0.636. The van der Waals surface area contributed by atoms with Gasteiger partial charge in [0.25, 0.3) is 5.56 Å². The van der Waals surface area contributed by atoms with Gasteiger partial charge in [-0.1, -0.05) is 12.1 Å². The second-order valence-corrected chi connectivity index (χ2v) is 8.68. The lowest BCUT2D eigenvalue weighted by Crippen LogP contribution is -2.46. The number of rotatable bonds is 4. The highest BCUT2D eigenvalue weighted by Crippen LogP contribution is 2.31. The first-order valence-corrected chi connectivity index (χ1v) is 10.9. The first-order chi connectivity index (χ1) is 15.0. The molecule has 0 aliphatic carbocycles. The number of hydrogen-bond acceptors (Lipinski definition) is 6. The van der Waals surface area contributed by atoms with Crippen molar-refractivity contribution in [2.24, 2.45) is 0 Å². The molecule has 3 heterocycles. The van der Waals surface area contributed by atoms with Crippen LogP contribution < -0.4 is 10.5 Å². The average Bonchev–Trinajstić information content (AvgIpc) is 3.20. The van der Waals surface area contributed by atoms with Gasteiger partial charge in [0.1, 0.15) is 22.1 Å². The molecule has 2 aromatic carbocycles. The van der Waals surface area contributed by atoms with Gasteiger partial charge in [-0.15, -0.1) is 11.3 Å². The minimum absolute atomic E-state index is 0.138. The number of benzene rings is 2. The van der Waals surface area contributed by atoms with Gasteiger partial charge < -0.3 is 15.0 Å². The van der Waals surface area contributed by atoms with E-state index in [1.807, 2.05) is 18.2 Å². The minimum Gasteiger partial charge on any atom is -0.508 e. The molecule has 1 aliphatic heterocycles. The maximum absolute atomic E-state index is 13.2. The number of piperazine rings is 1. The summed E-state index contributed by atoms with van der Waals surface area (Å²) in [6.07, 6.45) is 0. The van der Waals surface area contributed by atoms with Crippen LogP contribution in [0.25, 0.3) is 20.7 Å². The van der Waals surface area contributed by atoms with Crippen molar-refractivity contribution < 1.29 is 9.50 Å². The Morgan fingerprint density at radius 3 is 2.45 bits per heavy atom. The van der Waals surface area contributed by atoms with Crippen molar-refractivity contribution in [3.63, 3.8) is 0 Å². The molecule has 1 aliphatic rings. The van der Waals surface area contributed by atoms with Crippen LogP contribution in [-0.2, 0) is 6.54 Å². The number of hydrogen-bond donors (Lipinski definition) is 2. The largest absolute Gasteiger partial charge is 0.508 e. The molecule has 0 atom stereocenters. The summed E-state index contributed by atoms with van der Waals surface area (Å²) >= 11 is 1.37. The summed E-state index contributed by atoms with van der Waals surface area (Å²) in [7, 11) is 0. The summed E-state index contributed by atoms with van der Waals surface area (Å²) < 4.78 is 13.8. The number of aromatic hydroxyl groups is 1. The monoisotopic (exact) mass is 436 g/mol. The van der Waals surface area contributed by atoms with E-state index in [4.69, 9.17) is 0 Å². The Kier molecular flexibility index (Phi) is 5.17. The van der Waals surface area contributed by atoms with Crippen molar-refractivity contribution in [3.05, 3.63) is 76.6 Å². The third kappa shape index (κ3) is 4.17. The quantitative estimate of drug-likeness (QED) is 0.509. The van der Waals surface area contributed by atoms with Gasteiger partial charge in [0.05, 0.1) is 12.1 Å². The lowest BCUT2D eigenvalue weighted by atomic mass is 10.2. The van der Waals surface area contributed by atoms with E-state index in [2.05, 4.69) is 19.8 Å². The maximum atomic E-state index is 13.2. The number of halogens is 1. The van der Waals surface area contributed by atoms with Crippen molar-refractivity contribution in [2.45, 2.75) is 6.54 Å². The first-order valence-electron chi connectivity index (χ1n) is 10.1. The first kappa shape index (κ1) is 19.7. The Morgan fingerprint density at radius 1 is 1.03 bits per heavy atom. The van der Waals surface area contributed by atoms with Gasteiger partial charge in [-0.3, -0.25) is 9.69 Å². The summed E-state index contributed by atoms with van der Waals surface area (Å²) in [6, 6.07) is 15.4. The SMILES string of the molecule is O=c1[nH]c(CN2CCN(c3ccc(O)cc3)CC2)nc2cc(-c3ccc(F)cc3)sc12. The number of nitrogens with zero attached hydrogens (tertiary/aromatic N) is 3. The van der Waals surface area contributed by atoms with Gasteiger partial charge in [0.15, 0.2) is 0 Å². The Morgan fingerprint density at radius 2 is 1.74 bits per heavy atom. The van der Waals surface area contributed by atoms with E-state index in [-0.39, 0.29) is 17.1 Å². The highest BCUT2D eigenvalue weighted by Gasteiger charge is 2.19. The molecule has 0 bridgehead atoms. The standard InChI is InChI=1S/C23H21FN4O2S/c24-16-3-1-15(2-4-16)20-13-19-22(31-20)23(30)26-21(25-19)14-27-9-11-28(12-10-27)17-5-7-18(29)8-6-17/h1-8,13,29H,9-12,14H2,(H,25,26,30). The predicted molar refractivity (Wildman–Crippen MR) is 121 cm³/mol. The molecule has 0 radical (unpaired) electrons. The van der Waals surface area contributed by atoms with Crippen LogP contribution in [0.1, 0.15) is 5.82 Å². The normalized spacial score (nSPS) is 14.9. The van der Waals surface area contributed by atoms with E-state index < -0.39 is 0 Å². The van der Waals surface area contributed by atoms with Crippen LogP contribution in [0.5, 0.6) is 5.75 Å². The van der Waals surface area contributed by atoms with Crippen molar-refractivity contribution in [1.29, 1.82) is 0 Å². The Bertz CT molecular complexity index is 1260. The van der Waals surface area contributed by atoms with Crippen molar-refractivity contribution in [2.75, 3.05) is 31.1 Å². The number of phenolic OH excluding ortho intramolecular Hbond substituents is 1. The molecule has 31 heavy (non-hydrogen) atoms. The van der Waals surface area contributed by atoms with E-state index in [0.717, 1.165) is 42.3 Å². The molecular formula is C23H21FN4O2S. The number of nitrogens with one attached hydrogen (secondary N) is 1. The lowest BCUT2D eigenvalue weighted by molar-refractivity contribution is 0.244. The Labute approximate surface area is 182 Å². The number of thiophene rings is 1. The van der Waals surface area contributed by atoms with E-state index in [1.54, 1.807) is 24.3 Å². The Balaban J connectivity index is 1.30. The van der Waals surface area contributed by atoms with Crippen molar-refractivity contribution in [3.8, 4) is 16.2 Å². The number of phenols is 1. The van der Waals surface area contributed by atoms with Gasteiger partial charge in [-0.2, -0.15) is 0 Å². The molecule has 158 valence electrons. The van der Waals surface area contributed by atoms with E-state index >= 15 is 0 Å². The van der Waals surface area contributed by atoms with Crippen LogP contribution in [0.4, 0.5) is 10.1 Å². The molecule has 5 rings (SSSR count). The maximum Gasteiger partial charge on any atom is 0.268 e. The highest BCUT2D eigenvalue weighted by molar-refractivity contribution is 7.22. The third-order valence-electron chi connectivity index (χ3n) is 5.52. The Hall–Kier alpha value is -3.23. The van der Waals surface area contributed by atoms with Crippen LogP contribution in [0.2, 0.25) is 0 Å². The van der Waals surface area contributed by atoms with Crippen LogP contribution in [-0.4, -0.2) is 46.2 Å². The zero-order chi connectivity index (χ0) is 21.4. The molecule has 1 saturated heterocycles. The number of aromatic amines is 1. The summed E-state index contributed by atoms with van der Waals surface area (Å²) in [5, 5.41) is 9.46. The molecule has 4 aromatic rings. The zero-order valence-electron chi connectivity index (χ0n) is 16.7. The van der Waals surface area contributed by atoms with Crippen LogP contribution in [0, 0.1) is 5.82 Å². The molecule has 6 nitrogen and oxygen atoms in total. The van der Waals surface area contributed by atoms with Crippen LogP contribution in [0.15, 0.2) is 59.4 Å². The van der Waals surface area contributed by atoms with E-state index in [0.29, 0.717) is 22.6 Å². The topological polar surface area (TPSA) is 72.5 Å². The second-order valence-electron chi connectivity index (χ2n) is 7.62. The van der Waals surface area contributed by atoms with Crippen LogP contribution >= 0.6 is 11.3 Å². The fraction of sp³-hybridized carbons (Fsp3) is 0.217.